The maximum Gasteiger partial charge on any atom is 0.573 e. The van der Waals surface area contributed by atoms with Crippen molar-refractivity contribution in [2.75, 3.05) is 10.6 Å². The van der Waals surface area contributed by atoms with Crippen LogP contribution in [0.3, 0.4) is 0 Å². The summed E-state index contributed by atoms with van der Waals surface area (Å²) in [6.07, 6.45) is -8.72. The van der Waals surface area contributed by atoms with Gasteiger partial charge in [-0.1, -0.05) is 11.6 Å². The smallest absolute Gasteiger partial charge is 0.467 e. The van der Waals surface area contributed by atoms with Crippen LogP contribution in [0.25, 0.3) is 0 Å². The number of amides is 1. The second-order valence-corrected chi connectivity index (χ2v) is 7.37. The van der Waals surface area contributed by atoms with Crippen LogP contribution in [-0.2, 0) is 0 Å². The van der Waals surface area contributed by atoms with E-state index in [9.17, 15) is 31.1 Å². The summed E-state index contributed by atoms with van der Waals surface area (Å²) in [7, 11) is 0. The number of alkyl halides is 6. The van der Waals surface area contributed by atoms with Crippen molar-refractivity contribution in [3.8, 4) is 5.75 Å². The Labute approximate surface area is 186 Å². The van der Waals surface area contributed by atoms with E-state index in [1.165, 1.54) is 18.4 Å². The Hall–Kier alpha value is -3.35. The van der Waals surface area contributed by atoms with Crippen molar-refractivity contribution in [1.82, 2.24) is 9.78 Å². The van der Waals surface area contributed by atoms with Gasteiger partial charge in [0.2, 0.25) is 0 Å². The van der Waals surface area contributed by atoms with Gasteiger partial charge in [-0.2, -0.15) is 18.3 Å². The number of benzene rings is 1. The monoisotopic (exact) mass is 494 g/mol. The summed E-state index contributed by atoms with van der Waals surface area (Å²) in [6, 6.07) is 4.23. The number of aromatic nitrogens is 2. The molecule has 3 aromatic rings. The fourth-order valence-electron chi connectivity index (χ4n) is 3.34. The van der Waals surface area contributed by atoms with Crippen molar-refractivity contribution < 1.29 is 40.3 Å². The Morgan fingerprint density at radius 1 is 1.18 bits per heavy atom. The highest BCUT2D eigenvalue weighted by molar-refractivity contribution is 6.36. The predicted octanol–water partition coefficient (Wildman–Crippen LogP) is 5.94. The minimum Gasteiger partial charge on any atom is -0.467 e. The number of nitrogens with zero attached hydrogens (tertiary/aromatic N) is 2. The molecule has 1 aliphatic rings. The second kappa shape index (κ2) is 8.21. The fraction of sp³-hybridized carbons (Fsp3) is 0.263. The largest absolute Gasteiger partial charge is 0.573 e. The summed E-state index contributed by atoms with van der Waals surface area (Å²) in [5.41, 5.74) is -0.450. The maximum atomic E-state index is 13.7. The zero-order chi connectivity index (χ0) is 24.0. The minimum absolute atomic E-state index is 0.0466. The molecule has 7 nitrogen and oxygen atoms in total. The van der Waals surface area contributed by atoms with Crippen LogP contribution < -0.4 is 15.4 Å². The zero-order valence-electron chi connectivity index (χ0n) is 16.2. The Morgan fingerprint density at radius 2 is 1.88 bits per heavy atom. The van der Waals surface area contributed by atoms with Crippen LogP contribution in [0.4, 0.5) is 37.8 Å². The van der Waals surface area contributed by atoms with E-state index in [2.05, 4.69) is 20.5 Å². The van der Waals surface area contributed by atoms with E-state index in [0.29, 0.717) is 4.68 Å². The second-order valence-electron chi connectivity index (χ2n) is 6.99. The van der Waals surface area contributed by atoms with Gasteiger partial charge in [0.15, 0.2) is 11.7 Å². The van der Waals surface area contributed by atoms with Crippen LogP contribution in [-0.4, -0.2) is 28.2 Å². The lowest BCUT2D eigenvalue weighted by atomic mass is 10.0. The van der Waals surface area contributed by atoms with Gasteiger partial charge in [-0.25, -0.2) is 4.68 Å². The highest BCUT2D eigenvalue weighted by Crippen LogP contribution is 2.46. The number of hydrogen-bond donors (Lipinski definition) is 2. The average molecular weight is 495 g/mol. The number of nitrogens with one attached hydrogen (secondary N) is 2. The van der Waals surface area contributed by atoms with Crippen LogP contribution in [0.2, 0.25) is 5.02 Å². The summed E-state index contributed by atoms with van der Waals surface area (Å²) in [5, 5.41) is 8.55. The van der Waals surface area contributed by atoms with Crippen molar-refractivity contribution >= 4 is 29.0 Å². The molecule has 0 saturated carbocycles. The first kappa shape index (κ1) is 22.8. The molecule has 176 valence electrons. The summed E-state index contributed by atoms with van der Waals surface area (Å²) in [6.45, 7) is 0. The molecule has 2 aromatic heterocycles. The van der Waals surface area contributed by atoms with E-state index in [0.717, 1.165) is 24.3 Å². The van der Waals surface area contributed by atoms with Crippen molar-refractivity contribution in [1.29, 1.82) is 0 Å². The zero-order valence-corrected chi connectivity index (χ0v) is 16.9. The lowest BCUT2D eigenvalue weighted by molar-refractivity contribution is -0.274. The lowest BCUT2D eigenvalue weighted by Crippen LogP contribution is -2.35. The molecule has 4 rings (SSSR count). The van der Waals surface area contributed by atoms with E-state index >= 15 is 0 Å². The molecule has 0 unspecified atom stereocenters. The Balaban J connectivity index is 1.59. The number of rotatable bonds is 4. The molecule has 0 bridgehead atoms. The summed E-state index contributed by atoms with van der Waals surface area (Å²) >= 11 is 6.19. The molecule has 0 saturated heterocycles. The minimum atomic E-state index is -4.89. The molecule has 2 N–H and O–H groups in total. The molecular formula is C19H13ClF6N4O3. The number of carbonyl (C=O) groups is 1. The molecule has 1 amide bonds. The first-order valence-corrected chi connectivity index (χ1v) is 9.62. The molecule has 0 fully saturated rings. The average Bonchev–Trinajstić information content (AvgIpc) is 3.36. The van der Waals surface area contributed by atoms with E-state index < -0.39 is 48.4 Å². The van der Waals surface area contributed by atoms with Gasteiger partial charge in [0.05, 0.1) is 12.3 Å². The molecule has 1 aliphatic heterocycles. The van der Waals surface area contributed by atoms with Crippen molar-refractivity contribution in [2.24, 2.45) is 0 Å². The van der Waals surface area contributed by atoms with Crippen LogP contribution in [0, 0.1) is 0 Å². The first-order chi connectivity index (χ1) is 15.4. The third-order valence-electron chi connectivity index (χ3n) is 4.74. The number of ether oxygens (including phenoxy) is 1. The quantitative estimate of drug-likeness (QED) is 0.439. The normalized spacial score (nSPS) is 18.4. The fourth-order valence-corrected chi connectivity index (χ4v) is 3.61. The first-order valence-electron chi connectivity index (χ1n) is 9.24. The Bertz CT molecular complexity index is 1140. The van der Waals surface area contributed by atoms with Gasteiger partial charge in [0, 0.05) is 12.1 Å². The maximum absolute atomic E-state index is 13.7. The van der Waals surface area contributed by atoms with Crippen molar-refractivity contribution in [2.45, 2.75) is 31.0 Å². The van der Waals surface area contributed by atoms with Crippen molar-refractivity contribution in [3.05, 3.63) is 59.1 Å². The molecule has 14 heteroatoms. The third-order valence-corrected chi connectivity index (χ3v) is 5.10. The van der Waals surface area contributed by atoms with Gasteiger partial charge >= 0.3 is 12.5 Å². The Kier molecular flexibility index (Phi) is 5.68. The highest BCUT2D eigenvalue weighted by Gasteiger charge is 2.48. The SMILES string of the molecule is O=C(Nc1ccc(OC(F)(F)F)cc1)c1nn2c(c1Cl)N[C@H](c1ccco1)C[C@H]2C(F)(F)F. The van der Waals surface area contributed by atoms with E-state index in [-0.39, 0.29) is 22.3 Å². The molecule has 0 radical (unpaired) electrons. The van der Waals surface area contributed by atoms with Gasteiger partial charge in [-0.15, -0.1) is 13.2 Å². The molecular weight excluding hydrogens is 482 g/mol. The number of carbonyl (C=O) groups excluding carboxylic acids is 1. The van der Waals surface area contributed by atoms with E-state index in [1.807, 2.05) is 0 Å². The number of anilines is 2. The summed E-state index contributed by atoms with van der Waals surface area (Å²) < 4.78 is 87.5. The molecule has 3 heterocycles. The number of fused-ring (bicyclic) bond motifs is 1. The topological polar surface area (TPSA) is 81.3 Å². The van der Waals surface area contributed by atoms with Gasteiger partial charge in [0.25, 0.3) is 5.91 Å². The molecule has 0 spiro atoms. The van der Waals surface area contributed by atoms with Crippen molar-refractivity contribution in [3.63, 3.8) is 0 Å². The van der Waals surface area contributed by atoms with Crippen LogP contribution in [0.5, 0.6) is 5.75 Å². The molecule has 2 atom stereocenters. The summed E-state index contributed by atoms with van der Waals surface area (Å²) in [4.78, 5) is 12.6. The van der Waals surface area contributed by atoms with E-state index in [1.54, 1.807) is 0 Å². The van der Waals surface area contributed by atoms with Gasteiger partial charge < -0.3 is 19.8 Å². The Morgan fingerprint density at radius 3 is 2.45 bits per heavy atom. The third kappa shape index (κ3) is 4.87. The number of halogens is 7. The van der Waals surface area contributed by atoms with Gasteiger partial charge in [-0.05, 0) is 36.4 Å². The molecule has 1 aromatic carbocycles. The predicted molar refractivity (Wildman–Crippen MR) is 103 cm³/mol. The van der Waals surface area contributed by atoms with E-state index in [4.69, 9.17) is 16.0 Å². The van der Waals surface area contributed by atoms with Crippen LogP contribution in [0.15, 0.2) is 47.1 Å². The van der Waals surface area contributed by atoms with Crippen LogP contribution in [0.1, 0.15) is 34.8 Å². The standard InChI is InChI=1S/C19H13ClF6N4O3/c20-14-15(17(31)27-9-3-5-10(6-4-9)33-19(24,25)26)29-30-13(18(21,22)23)8-11(28-16(14)30)12-2-1-7-32-12/h1-7,11,13,28H,8H2,(H,27,31)/t11-,13-/m0/s1. The van der Waals surface area contributed by atoms with Crippen LogP contribution >= 0.6 is 11.6 Å². The lowest BCUT2D eigenvalue weighted by Gasteiger charge is -2.32. The van der Waals surface area contributed by atoms with Gasteiger partial charge in [0.1, 0.15) is 22.4 Å². The summed E-state index contributed by atoms with van der Waals surface area (Å²) in [5.74, 6) is -1.44. The van der Waals surface area contributed by atoms with Gasteiger partial charge in [-0.3, -0.25) is 4.79 Å². The highest BCUT2D eigenvalue weighted by atomic mass is 35.5. The number of hydrogen-bond acceptors (Lipinski definition) is 5. The number of furan rings is 1. The molecule has 33 heavy (non-hydrogen) atoms. The molecule has 0 aliphatic carbocycles.